The van der Waals surface area contributed by atoms with Crippen LogP contribution in [0.3, 0.4) is 0 Å². The van der Waals surface area contributed by atoms with E-state index in [1.807, 2.05) is 0 Å². The average molecular weight is 242 g/mol. The van der Waals surface area contributed by atoms with Crippen molar-refractivity contribution in [2.45, 2.75) is 39.5 Å². The summed E-state index contributed by atoms with van der Waals surface area (Å²) in [5.41, 5.74) is 0. The van der Waals surface area contributed by atoms with Crippen LogP contribution in [-0.2, 0) is 0 Å². The molecule has 0 rings (SSSR count). The van der Waals surface area contributed by atoms with Gasteiger partial charge < -0.3 is 15.5 Å². The molecular weight excluding hydrogens is 212 g/mol. The van der Waals surface area contributed by atoms with Gasteiger partial charge in [0.15, 0.2) is 5.96 Å². The maximum atomic E-state index is 4.55. The Bertz CT molecular complexity index is 190. The van der Waals surface area contributed by atoms with Crippen LogP contribution in [0.25, 0.3) is 0 Å². The van der Waals surface area contributed by atoms with Crippen LogP contribution >= 0.6 is 0 Å². The maximum absolute atomic E-state index is 4.55. The summed E-state index contributed by atoms with van der Waals surface area (Å²) in [7, 11) is 4.19. The van der Waals surface area contributed by atoms with Gasteiger partial charge in [-0.3, -0.25) is 4.99 Å². The van der Waals surface area contributed by atoms with Crippen molar-refractivity contribution in [2.24, 2.45) is 4.99 Å². The highest BCUT2D eigenvalue weighted by Gasteiger charge is 1.96. The summed E-state index contributed by atoms with van der Waals surface area (Å²) >= 11 is 0. The molecule has 0 amide bonds. The smallest absolute Gasteiger partial charge is 0.191 e. The number of aliphatic imine (C=N–C) groups is 1. The van der Waals surface area contributed by atoms with E-state index in [2.05, 4.69) is 48.5 Å². The third-order valence-electron chi connectivity index (χ3n) is 2.45. The van der Waals surface area contributed by atoms with Crippen molar-refractivity contribution in [3.8, 4) is 0 Å². The highest BCUT2D eigenvalue weighted by atomic mass is 15.2. The number of nitrogens with zero attached hydrogens (tertiary/aromatic N) is 2. The normalized spacial score (nSPS) is 11.9. The Morgan fingerprint density at radius 3 is 2.41 bits per heavy atom. The third-order valence-corrected chi connectivity index (χ3v) is 2.45. The molecule has 0 saturated carbocycles. The molecule has 0 aliphatic carbocycles. The highest BCUT2D eigenvalue weighted by Crippen LogP contribution is 1.91. The second-order valence-corrected chi connectivity index (χ2v) is 4.55. The minimum Gasteiger partial charge on any atom is -0.357 e. The SMILES string of the molecule is CCCCCNC(=NCCCN(C)C)NCC. The summed E-state index contributed by atoms with van der Waals surface area (Å²) < 4.78 is 0. The van der Waals surface area contributed by atoms with Gasteiger partial charge in [0.25, 0.3) is 0 Å². The molecule has 0 aromatic heterocycles. The number of guanidine groups is 1. The molecule has 0 aromatic rings. The van der Waals surface area contributed by atoms with E-state index in [0.717, 1.165) is 38.6 Å². The minimum atomic E-state index is 0.890. The van der Waals surface area contributed by atoms with Crippen molar-refractivity contribution < 1.29 is 0 Å². The zero-order valence-electron chi connectivity index (χ0n) is 12.1. The molecule has 2 N–H and O–H groups in total. The third kappa shape index (κ3) is 11.5. The fraction of sp³-hybridized carbons (Fsp3) is 0.923. The molecule has 4 nitrogen and oxygen atoms in total. The number of hydrogen-bond donors (Lipinski definition) is 2. The quantitative estimate of drug-likeness (QED) is 0.367. The molecule has 4 heteroatoms. The fourth-order valence-corrected chi connectivity index (χ4v) is 1.50. The monoisotopic (exact) mass is 242 g/mol. The standard InChI is InChI=1S/C13H30N4/c1-5-7-8-10-15-13(14-6-2)16-11-9-12-17(3)4/h5-12H2,1-4H3,(H2,14,15,16). The van der Waals surface area contributed by atoms with E-state index in [0.29, 0.717) is 0 Å². The van der Waals surface area contributed by atoms with Gasteiger partial charge in [0.2, 0.25) is 0 Å². The van der Waals surface area contributed by atoms with E-state index in [1.54, 1.807) is 0 Å². The van der Waals surface area contributed by atoms with E-state index in [4.69, 9.17) is 0 Å². The van der Waals surface area contributed by atoms with Gasteiger partial charge in [0.1, 0.15) is 0 Å². The van der Waals surface area contributed by atoms with Crippen molar-refractivity contribution in [1.82, 2.24) is 15.5 Å². The predicted octanol–water partition coefficient (Wildman–Crippen LogP) is 1.68. The first kappa shape index (κ1) is 16.2. The first-order valence-corrected chi connectivity index (χ1v) is 6.87. The Hall–Kier alpha value is -0.770. The van der Waals surface area contributed by atoms with Crippen LogP contribution in [0.2, 0.25) is 0 Å². The lowest BCUT2D eigenvalue weighted by Gasteiger charge is -2.11. The summed E-state index contributed by atoms with van der Waals surface area (Å²) in [6.45, 7) is 8.25. The Morgan fingerprint density at radius 1 is 1.06 bits per heavy atom. The van der Waals surface area contributed by atoms with Gasteiger partial charge in [-0.2, -0.15) is 0 Å². The first-order chi connectivity index (χ1) is 8.20. The van der Waals surface area contributed by atoms with Crippen molar-refractivity contribution in [2.75, 3.05) is 40.3 Å². The molecule has 0 spiro atoms. The van der Waals surface area contributed by atoms with Crippen LogP contribution in [0.1, 0.15) is 39.5 Å². The molecule has 0 aliphatic heterocycles. The van der Waals surface area contributed by atoms with Gasteiger partial charge in [0.05, 0.1) is 0 Å². The van der Waals surface area contributed by atoms with Gasteiger partial charge in [-0.15, -0.1) is 0 Å². The number of nitrogens with one attached hydrogen (secondary N) is 2. The van der Waals surface area contributed by atoms with Crippen LogP contribution in [0, 0.1) is 0 Å². The highest BCUT2D eigenvalue weighted by molar-refractivity contribution is 5.79. The number of unbranched alkanes of at least 4 members (excludes halogenated alkanes) is 2. The topological polar surface area (TPSA) is 39.7 Å². The predicted molar refractivity (Wildman–Crippen MR) is 76.7 cm³/mol. The molecule has 0 fully saturated rings. The molecule has 0 atom stereocenters. The Kier molecular flexibility index (Phi) is 11.2. The lowest BCUT2D eigenvalue weighted by atomic mass is 10.2. The lowest BCUT2D eigenvalue weighted by Crippen LogP contribution is -2.38. The van der Waals surface area contributed by atoms with Crippen LogP contribution in [-0.4, -0.2) is 51.1 Å². The van der Waals surface area contributed by atoms with Crippen LogP contribution in [0.15, 0.2) is 4.99 Å². The van der Waals surface area contributed by atoms with E-state index < -0.39 is 0 Å². The summed E-state index contributed by atoms with van der Waals surface area (Å²) in [5, 5.41) is 6.64. The Labute approximate surface area is 107 Å². The lowest BCUT2D eigenvalue weighted by molar-refractivity contribution is 0.403. The Morgan fingerprint density at radius 2 is 1.82 bits per heavy atom. The van der Waals surface area contributed by atoms with Gasteiger partial charge in [-0.25, -0.2) is 0 Å². The summed E-state index contributed by atoms with van der Waals surface area (Å²) in [6, 6.07) is 0. The second-order valence-electron chi connectivity index (χ2n) is 4.55. The van der Waals surface area contributed by atoms with Crippen molar-refractivity contribution in [1.29, 1.82) is 0 Å². The molecule has 0 aromatic carbocycles. The first-order valence-electron chi connectivity index (χ1n) is 6.87. The molecular formula is C13H30N4. The van der Waals surface area contributed by atoms with Gasteiger partial charge >= 0.3 is 0 Å². The van der Waals surface area contributed by atoms with E-state index in [-0.39, 0.29) is 0 Å². The molecule has 17 heavy (non-hydrogen) atoms. The molecule has 0 unspecified atom stereocenters. The maximum Gasteiger partial charge on any atom is 0.191 e. The van der Waals surface area contributed by atoms with Crippen molar-refractivity contribution >= 4 is 5.96 Å². The number of rotatable bonds is 9. The largest absolute Gasteiger partial charge is 0.357 e. The van der Waals surface area contributed by atoms with Crippen molar-refractivity contribution in [3.05, 3.63) is 0 Å². The van der Waals surface area contributed by atoms with E-state index in [9.17, 15) is 0 Å². The molecule has 0 radical (unpaired) electrons. The zero-order chi connectivity index (χ0) is 12.9. The summed E-state index contributed by atoms with van der Waals surface area (Å²) in [5.74, 6) is 0.961. The molecule has 0 heterocycles. The van der Waals surface area contributed by atoms with Gasteiger partial charge in [-0.1, -0.05) is 19.8 Å². The van der Waals surface area contributed by atoms with Crippen LogP contribution in [0.4, 0.5) is 0 Å². The summed E-state index contributed by atoms with van der Waals surface area (Å²) in [6.07, 6.45) is 4.88. The summed E-state index contributed by atoms with van der Waals surface area (Å²) in [4.78, 5) is 6.74. The molecule has 0 aliphatic rings. The van der Waals surface area contributed by atoms with E-state index >= 15 is 0 Å². The van der Waals surface area contributed by atoms with Crippen molar-refractivity contribution in [3.63, 3.8) is 0 Å². The van der Waals surface area contributed by atoms with E-state index in [1.165, 1.54) is 19.3 Å². The van der Waals surface area contributed by atoms with Crippen LogP contribution in [0.5, 0.6) is 0 Å². The molecule has 0 saturated heterocycles. The molecule has 0 bridgehead atoms. The van der Waals surface area contributed by atoms with Crippen LogP contribution < -0.4 is 10.6 Å². The van der Waals surface area contributed by atoms with Gasteiger partial charge in [-0.05, 0) is 40.4 Å². The zero-order valence-corrected chi connectivity index (χ0v) is 12.1. The average Bonchev–Trinajstić information content (AvgIpc) is 2.29. The Balaban J connectivity index is 3.74. The fourth-order valence-electron chi connectivity index (χ4n) is 1.50. The van der Waals surface area contributed by atoms with Gasteiger partial charge in [0, 0.05) is 19.6 Å². The number of hydrogen-bond acceptors (Lipinski definition) is 2. The molecule has 102 valence electrons. The second kappa shape index (κ2) is 11.7. The minimum absolute atomic E-state index is 0.890.